The van der Waals surface area contributed by atoms with E-state index in [9.17, 15) is 14.7 Å². The molecule has 1 aromatic carbocycles. The topological polar surface area (TPSA) is 87.7 Å². The number of carbonyl (C=O) groups excluding carboxylic acids is 2. The maximum absolute atomic E-state index is 12.1. The number of carbonyl (C=O) groups is 2. The quantitative estimate of drug-likeness (QED) is 0.513. The highest BCUT2D eigenvalue weighted by Gasteiger charge is 2.17. The van der Waals surface area contributed by atoms with Gasteiger partial charge in [0.05, 0.1) is 19.3 Å². The third-order valence-corrected chi connectivity index (χ3v) is 5.92. The summed E-state index contributed by atoms with van der Waals surface area (Å²) in [5.74, 6) is -1.21. The molecule has 0 aliphatic rings. The largest absolute Gasteiger partial charge is 0.495 e. The van der Waals surface area contributed by atoms with Crippen LogP contribution >= 0.6 is 34.3 Å². The summed E-state index contributed by atoms with van der Waals surface area (Å²) < 4.78 is 5.14. The van der Waals surface area contributed by atoms with Gasteiger partial charge in [-0.15, -0.1) is 11.3 Å². The molecular weight excluding hydrogens is 420 g/mol. The summed E-state index contributed by atoms with van der Waals surface area (Å²) in [6.45, 7) is 0.181. The van der Waals surface area contributed by atoms with Crippen LogP contribution in [-0.2, 0) is 16.1 Å². The maximum Gasteiger partial charge on any atom is 0.313 e. The van der Waals surface area contributed by atoms with Crippen LogP contribution in [0.1, 0.15) is 21.4 Å². The van der Waals surface area contributed by atoms with Gasteiger partial charge in [0.2, 0.25) is 0 Å². The fourth-order valence-electron chi connectivity index (χ4n) is 2.44. The van der Waals surface area contributed by atoms with Gasteiger partial charge in [0.15, 0.2) is 0 Å². The molecule has 3 aromatic rings. The minimum Gasteiger partial charge on any atom is -0.495 e. The van der Waals surface area contributed by atoms with Gasteiger partial charge in [0.1, 0.15) is 11.9 Å². The van der Waals surface area contributed by atoms with E-state index in [1.807, 2.05) is 29.0 Å². The zero-order valence-electron chi connectivity index (χ0n) is 14.8. The van der Waals surface area contributed by atoms with Gasteiger partial charge in [0, 0.05) is 14.8 Å². The molecule has 6 nitrogen and oxygen atoms in total. The van der Waals surface area contributed by atoms with Crippen LogP contribution in [0.2, 0.25) is 5.02 Å². The van der Waals surface area contributed by atoms with Crippen LogP contribution in [0.15, 0.2) is 47.2 Å². The molecule has 2 amide bonds. The molecule has 0 aliphatic carbocycles. The van der Waals surface area contributed by atoms with Crippen molar-refractivity contribution in [3.8, 4) is 5.75 Å². The van der Waals surface area contributed by atoms with Crippen LogP contribution in [0.25, 0.3) is 0 Å². The second kappa shape index (κ2) is 9.20. The highest BCUT2D eigenvalue weighted by Crippen LogP contribution is 2.30. The SMILES string of the molecule is COc1ccc(Cl)cc1NC(=O)C(=O)NCc1ccc(C(O)c2ccsc2)s1. The zero-order valence-corrected chi connectivity index (χ0v) is 17.2. The molecule has 28 heavy (non-hydrogen) atoms. The number of hydrogen-bond donors (Lipinski definition) is 3. The Kier molecular flexibility index (Phi) is 6.69. The van der Waals surface area contributed by atoms with E-state index in [2.05, 4.69) is 10.6 Å². The number of aliphatic hydroxyl groups is 1. The monoisotopic (exact) mass is 436 g/mol. The van der Waals surface area contributed by atoms with Crippen molar-refractivity contribution in [3.05, 3.63) is 67.5 Å². The molecule has 146 valence electrons. The molecule has 3 rings (SSSR count). The molecule has 9 heteroatoms. The molecule has 1 atom stereocenters. The summed E-state index contributed by atoms with van der Waals surface area (Å²) in [6.07, 6.45) is -0.695. The number of anilines is 1. The van der Waals surface area contributed by atoms with Gasteiger partial charge >= 0.3 is 11.8 Å². The zero-order chi connectivity index (χ0) is 20.1. The molecule has 1 unspecified atom stereocenters. The standard InChI is InChI=1S/C19H17ClN2O4S2/c1-26-15-4-2-12(20)8-14(15)22-19(25)18(24)21-9-13-3-5-16(28-13)17(23)11-6-7-27-10-11/h2-8,10,17,23H,9H2,1H3,(H,21,24)(H,22,25). The third kappa shape index (κ3) is 4.90. The number of thiophene rings is 2. The van der Waals surface area contributed by atoms with Crippen molar-refractivity contribution in [2.24, 2.45) is 0 Å². The molecule has 0 radical (unpaired) electrons. The smallest absolute Gasteiger partial charge is 0.313 e. The summed E-state index contributed by atoms with van der Waals surface area (Å²) >= 11 is 8.81. The first kappa shape index (κ1) is 20.3. The summed E-state index contributed by atoms with van der Waals surface area (Å²) in [5, 5.41) is 19.6. The molecular formula is C19H17ClN2O4S2. The number of hydrogen-bond acceptors (Lipinski definition) is 6. The summed E-state index contributed by atoms with van der Waals surface area (Å²) in [7, 11) is 1.46. The normalized spacial score (nSPS) is 11.7. The molecule has 3 N–H and O–H groups in total. The predicted octanol–water partition coefficient (Wildman–Crippen LogP) is 3.81. The van der Waals surface area contributed by atoms with Crippen LogP contribution in [0.5, 0.6) is 5.75 Å². The van der Waals surface area contributed by atoms with Crippen molar-refractivity contribution in [3.63, 3.8) is 0 Å². The lowest BCUT2D eigenvalue weighted by Crippen LogP contribution is -2.34. The van der Waals surface area contributed by atoms with Gasteiger partial charge in [-0.1, -0.05) is 11.6 Å². The van der Waals surface area contributed by atoms with Crippen LogP contribution < -0.4 is 15.4 Å². The Morgan fingerprint density at radius 2 is 2.04 bits per heavy atom. The number of amides is 2. The number of benzene rings is 1. The van der Waals surface area contributed by atoms with E-state index in [0.29, 0.717) is 16.5 Å². The Morgan fingerprint density at radius 1 is 1.21 bits per heavy atom. The molecule has 0 saturated heterocycles. The van der Waals surface area contributed by atoms with Crippen molar-refractivity contribution in [2.45, 2.75) is 12.6 Å². The number of rotatable bonds is 6. The average Bonchev–Trinajstić information content (AvgIpc) is 3.38. The maximum atomic E-state index is 12.1. The summed E-state index contributed by atoms with van der Waals surface area (Å²) in [6, 6.07) is 10.2. The van der Waals surface area contributed by atoms with E-state index in [1.165, 1.54) is 35.8 Å². The number of halogens is 1. The summed E-state index contributed by atoms with van der Waals surface area (Å²) in [4.78, 5) is 25.8. The number of ether oxygens (including phenoxy) is 1. The Balaban J connectivity index is 1.57. The number of nitrogens with one attached hydrogen (secondary N) is 2. The Bertz CT molecular complexity index is 972. The van der Waals surface area contributed by atoms with Crippen LogP contribution in [0.4, 0.5) is 5.69 Å². The fraction of sp³-hybridized carbons (Fsp3) is 0.158. The van der Waals surface area contributed by atoms with Crippen LogP contribution in [0.3, 0.4) is 0 Å². The molecule has 0 saturated carbocycles. The van der Waals surface area contributed by atoms with E-state index in [1.54, 1.807) is 12.1 Å². The lowest BCUT2D eigenvalue weighted by atomic mass is 10.2. The van der Waals surface area contributed by atoms with Crippen molar-refractivity contribution < 1.29 is 19.4 Å². The van der Waals surface area contributed by atoms with Gasteiger partial charge in [-0.05, 0) is 52.7 Å². The first-order chi connectivity index (χ1) is 13.5. The molecule has 0 aliphatic heterocycles. The summed E-state index contributed by atoms with van der Waals surface area (Å²) in [5.41, 5.74) is 1.14. The molecule has 2 heterocycles. The number of aliphatic hydroxyl groups excluding tert-OH is 1. The van der Waals surface area contributed by atoms with E-state index in [4.69, 9.17) is 16.3 Å². The van der Waals surface area contributed by atoms with Crippen molar-refractivity contribution in [1.29, 1.82) is 0 Å². The minimum absolute atomic E-state index is 0.181. The molecule has 2 aromatic heterocycles. The van der Waals surface area contributed by atoms with Gasteiger partial charge in [-0.2, -0.15) is 11.3 Å². The second-order valence-electron chi connectivity index (χ2n) is 5.74. The lowest BCUT2D eigenvalue weighted by molar-refractivity contribution is -0.136. The lowest BCUT2D eigenvalue weighted by Gasteiger charge is -2.10. The van der Waals surface area contributed by atoms with E-state index in [0.717, 1.165) is 15.3 Å². The number of methoxy groups -OCH3 is 1. The van der Waals surface area contributed by atoms with Crippen LogP contribution in [-0.4, -0.2) is 24.0 Å². The second-order valence-corrected chi connectivity index (χ2v) is 8.16. The highest BCUT2D eigenvalue weighted by molar-refractivity contribution is 7.12. The molecule has 0 bridgehead atoms. The highest BCUT2D eigenvalue weighted by atomic mass is 35.5. The van der Waals surface area contributed by atoms with Gasteiger partial charge < -0.3 is 20.5 Å². The van der Waals surface area contributed by atoms with Crippen molar-refractivity contribution >= 4 is 51.8 Å². The Labute approximate surface area is 174 Å². The first-order valence-corrected chi connectivity index (χ1v) is 10.3. The Hall–Kier alpha value is -2.39. The predicted molar refractivity (Wildman–Crippen MR) is 111 cm³/mol. The average molecular weight is 437 g/mol. The van der Waals surface area contributed by atoms with Gasteiger partial charge in [-0.25, -0.2) is 0 Å². The van der Waals surface area contributed by atoms with E-state index < -0.39 is 17.9 Å². The first-order valence-electron chi connectivity index (χ1n) is 8.19. The Morgan fingerprint density at radius 3 is 2.75 bits per heavy atom. The molecule has 0 fully saturated rings. The minimum atomic E-state index is -0.823. The van der Waals surface area contributed by atoms with Crippen LogP contribution in [0, 0.1) is 0 Å². The van der Waals surface area contributed by atoms with Gasteiger partial charge in [0.25, 0.3) is 0 Å². The van der Waals surface area contributed by atoms with Crippen molar-refractivity contribution in [1.82, 2.24) is 5.32 Å². The molecule has 0 spiro atoms. The fourth-order valence-corrected chi connectivity index (χ4v) is 4.25. The van der Waals surface area contributed by atoms with E-state index in [-0.39, 0.29) is 6.54 Å². The van der Waals surface area contributed by atoms with Gasteiger partial charge in [-0.3, -0.25) is 9.59 Å². The van der Waals surface area contributed by atoms with Crippen molar-refractivity contribution in [2.75, 3.05) is 12.4 Å². The van der Waals surface area contributed by atoms with E-state index >= 15 is 0 Å². The third-order valence-electron chi connectivity index (χ3n) is 3.85.